The van der Waals surface area contributed by atoms with Crippen LogP contribution in [0.1, 0.15) is 32.3 Å². The molecule has 0 aromatic heterocycles. The lowest BCUT2D eigenvalue weighted by molar-refractivity contribution is -0.134. The fourth-order valence-corrected chi connectivity index (χ4v) is 4.13. The van der Waals surface area contributed by atoms with Gasteiger partial charge in [-0.05, 0) is 61.4 Å². The van der Waals surface area contributed by atoms with Gasteiger partial charge < -0.3 is 20.9 Å². The summed E-state index contributed by atoms with van der Waals surface area (Å²) in [6, 6.07) is 5.04. The third-order valence-corrected chi connectivity index (χ3v) is 5.92. The Morgan fingerprint density at radius 1 is 1.14 bits per heavy atom. The third-order valence-electron chi connectivity index (χ3n) is 5.92. The van der Waals surface area contributed by atoms with E-state index >= 15 is 0 Å². The van der Waals surface area contributed by atoms with Gasteiger partial charge in [0.1, 0.15) is 11.9 Å². The highest BCUT2D eigenvalue weighted by molar-refractivity contribution is 5.87. The van der Waals surface area contributed by atoms with Crippen molar-refractivity contribution < 1.29 is 14.0 Å². The Hall–Kier alpha value is -1.86. The Morgan fingerprint density at radius 2 is 1.72 bits per heavy atom. The van der Waals surface area contributed by atoms with Crippen LogP contribution in [-0.4, -0.2) is 49.1 Å². The molecule has 6 nitrogen and oxygen atoms in total. The summed E-state index contributed by atoms with van der Waals surface area (Å²) in [5.74, 6) is 0.994. The van der Waals surface area contributed by atoms with Gasteiger partial charge in [-0.3, -0.25) is 4.79 Å². The van der Waals surface area contributed by atoms with Crippen molar-refractivity contribution in [3.05, 3.63) is 35.6 Å². The Kier molecular flexibility index (Phi) is 8.71. The lowest BCUT2D eigenvalue weighted by Gasteiger charge is -2.29. The molecule has 3 atom stereocenters. The number of nitrogens with zero attached hydrogens (tertiary/aromatic N) is 1. The molecule has 162 valence electrons. The van der Waals surface area contributed by atoms with Crippen LogP contribution in [0.4, 0.5) is 9.18 Å². The SMILES string of the molecule is CC(C)C(NC(=O)NCc1ccc(F)cc1)C(=O)N1CC[C@@H]2CNC[C@@H]2CC1.Cl. The molecule has 2 heterocycles. The summed E-state index contributed by atoms with van der Waals surface area (Å²) in [5, 5.41) is 9.04. The lowest BCUT2D eigenvalue weighted by Crippen LogP contribution is -2.53. The van der Waals surface area contributed by atoms with Crippen LogP contribution in [0, 0.1) is 23.6 Å². The van der Waals surface area contributed by atoms with Gasteiger partial charge in [0, 0.05) is 19.6 Å². The average Bonchev–Trinajstić information content (AvgIpc) is 3.03. The molecule has 1 unspecified atom stereocenters. The maximum atomic E-state index is 13.1. The number of nitrogens with one attached hydrogen (secondary N) is 3. The molecule has 8 heteroatoms. The predicted octanol–water partition coefficient (Wildman–Crippen LogP) is 2.53. The first kappa shape index (κ1) is 23.4. The zero-order chi connectivity index (χ0) is 20.1. The molecule has 3 amide bonds. The molecule has 1 aromatic rings. The maximum Gasteiger partial charge on any atom is 0.315 e. The van der Waals surface area contributed by atoms with Crippen molar-refractivity contribution in [2.75, 3.05) is 26.2 Å². The summed E-state index contributed by atoms with van der Waals surface area (Å²) in [6.07, 6.45) is 2.04. The molecule has 3 N–H and O–H groups in total. The number of rotatable bonds is 5. The third kappa shape index (κ3) is 6.31. The van der Waals surface area contributed by atoms with Crippen LogP contribution in [-0.2, 0) is 11.3 Å². The van der Waals surface area contributed by atoms with E-state index in [1.165, 1.54) is 12.1 Å². The molecule has 2 fully saturated rings. The quantitative estimate of drug-likeness (QED) is 0.677. The van der Waals surface area contributed by atoms with Crippen LogP contribution < -0.4 is 16.0 Å². The molecule has 0 radical (unpaired) electrons. The summed E-state index contributed by atoms with van der Waals surface area (Å²) in [4.78, 5) is 27.3. The van der Waals surface area contributed by atoms with Crippen molar-refractivity contribution in [2.45, 2.75) is 39.3 Å². The number of likely N-dealkylation sites (tertiary alicyclic amines) is 1. The molecule has 0 spiro atoms. The van der Waals surface area contributed by atoms with Crippen LogP contribution in [0.3, 0.4) is 0 Å². The van der Waals surface area contributed by atoms with Gasteiger partial charge in [-0.2, -0.15) is 0 Å². The fourth-order valence-electron chi connectivity index (χ4n) is 4.13. The molecular weight excluding hydrogens is 395 g/mol. The van der Waals surface area contributed by atoms with Gasteiger partial charge in [0.05, 0.1) is 0 Å². The zero-order valence-electron chi connectivity index (χ0n) is 17.1. The molecule has 0 saturated carbocycles. The second kappa shape index (κ2) is 10.8. The van der Waals surface area contributed by atoms with Crippen molar-refractivity contribution in [2.24, 2.45) is 17.8 Å². The molecule has 2 aliphatic heterocycles. The first-order chi connectivity index (χ1) is 13.4. The van der Waals surface area contributed by atoms with Gasteiger partial charge in [-0.15, -0.1) is 12.4 Å². The summed E-state index contributed by atoms with van der Waals surface area (Å²) < 4.78 is 13.0. The van der Waals surface area contributed by atoms with E-state index in [1.807, 2.05) is 18.7 Å². The molecule has 0 aliphatic carbocycles. The molecular formula is C21H32ClFN4O2. The number of benzene rings is 1. The van der Waals surface area contributed by atoms with Crippen molar-refractivity contribution in [1.82, 2.24) is 20.9 Å². The van der Waals surface area contributed by atoms with Gasteiger partial charge in [0.15, 0.2) is 0 Å². The van der Waals surface area contributed by atoms with Crippen molar-refractivity contribution in [3.8, 4) is 0 Å². The van der Waals surface area contributed by atoms with E-state index in [1.54, 1.807) is 12.1 Å². The number of fused-ring (bicyclic) bond motifs is 1. The second-order valence-electron chi connectivity index (χ2n) is 8.26. The first-order valence-corrected chi connectivity index (χ1v) is 10.2. The van der Waals surface area contributed by atoms with Crippen LogP contribution >= 0.6 is 12.4 Å². The highest BCUT2D eigenvalue weighted by Crippen LogP contribution is 2.27. The normalized spacial score (nSPS) is 22.3. The average molecular weight is 427 g/mol. The number of hydrogen-bond donors (Lipinski definition) is 3. The number of urea groups is 1. The smallest absolute Gasteiger partial charge is 0.315 e. The van der Waals surface area contributed by atoms with Crippen molar-refractivity contribution in [3.63, 3.8) is 0 Å². The molecule has 1 aromatic carbocycles. The minimum absolute atomic E-state index is 0. The minimum atomic E-state index is -0.552. The van der Waals surface area contributed by atoms with Crippen LogP contribution in [0.2, 0.25) is 0 Å². The van der Waals surface area contributed by atoms with E-state index < -0.39 is 6.04 Å². The van der Waals surface area contributed by atoms with E-state index in [0.29, 0.717) is 11.8 Å². The van der Waals surface area contributed by atoms with Gasteiger partial charge >= 0.3 is 6.03 Å². The van der Waals surface area contributed by atoms with Crippen molar-refractivity contribution in [1.29, 1.82) is 0 Å². The molecule has 2 aliphatic rings. The number of carbonyl (C=O) groups is 2. The molecule has 0 bridgehead atoms. The Morgan fingerprint density at radius 3 is 2.28 bits per heavy atom. The number of hydrogen-bond acceptors (Lipinski definition) is 3. The van der Waals surface area contributed by atoms with Crippen molar-refractivity contribution >= 4 is 24.3 Å². The predicted molar refractivity (Wildman–Crippen MR) is 113 cm³/mol. The minimum Gasteiger partial charge on any atom is -0.341 e. The van der Waals surface area contributed by atoms with Crippen LogP contribution in [0.15, 0.2) is 24.3 Å². The van der Waals surface area contributed by atoms with Crippen LogP contribution in [0.5, 0.6) is 0 Å². The largest absolute Gasteiger partial charge is 0.341 e. The zero-order valence-corrected chi connectivity index (χ0v) is 17.9. The highest BCUT2D eigenvalue weighted by atomic mass is 35.5. The summed E-state index contributed by atoms with van der Waals surface area (Å²) in [7, 11) is 0. The first-order valence-electron chi connectivity index (χ1n) is 10.2. The second-order valence-corrected chi connectivity index (χ2v) is 8.26. The van der Waals surface area contributed by atoms with E-state index in [4.69, 9.17) is 0 Å². The Bertz CT molecular complexity index is 672. The van der Waals surface area contributed by atoms with E-state index in [0.717, 1.165) is 44.6 Å². The summed E-state index contributed by atoms with van der Waals surface area (Å²) >= 11 is 0. The van der Waals surface area contributed by atoms with Gasteiger partial charge in [0.25, 0.3) is 0 Å². The monoisotopic (exact) mass is 426 g/mol. The molecule has 29 heavy (non-hydrogen) atoms. The van der Waals surface area contributed by atoms with Gasteiger partial charge in [-0.1, -0.05) is 26.0 Å². The van der Waals surface area contributed by atoms with E-state index in [2.05, 4.69) is 16.0 Å². The van der Waals surface area contributed by atoms with Crippen LogP contribution in [0.25, 0.3) is 0 Å². The standard InChI is InChI=1S/C21H31FN4O2.ClH/c1-14(2)19(25-21(28)24-11-15-3-5-18(22)6-4-15)20(27)26-9-7-16-12-23-13-17(16)8-10-26;/h3-6,14,16-17,19,23H,7-13H2,1-2H3,(H2,24,25,28);1H/t16-,17+,19?;. The summed E-state index contributed by atoms with van der Waals surface area (Å²) in [6.45, 7) is 7.77. The van der Waals surface area contributed by atoms with E-state index in [-0.39, 0.29) is 42.6 Å². The van der Waals surface area contributed by atoms with E-state index in [9.17, 15) is 14.0 Å². The summed E-state index contributed by atoms with van der Waals surface area (Å²) in [5.41, 5.74) is 0.802. The molecule has 2 saturated heterocycles. The highest BCUT2D eigenvalue weighted by Gasteiger charge is 2.34. The van der Waals surface area contributed by atoms with Gasteiger partial charge in [-0.25, -0.2) is 9.18 Å². The Labute approximate surface area is 178 Å². The molecule has 3 rings (SSSR count). The fraction of sp³-hybridized carbons (Fsp3) is 0.619. The number of amides is 3. The number of halogens is 2. The lowest BCUT2D eigenvalue weighted by atomic mass is 9.92. The maximum absolute atomic E-state index is 13.1. The Balaban J connectivity index is 0.00000300. The topological polar surface area (TPSA) is 73.5 Å². The van der Waals surface area contributed by atoms with Gasteiger partial charge in [0.2, 0.25) is 5.91 Å². The number of carbonyl (C=O) groups excluding carboxylic acids is 2.